The Morgan fingerprint density at radius 1 is 1.69 bits per heavy atom. The Labute approximate surface area is 77.7 Å². The van der Waals surface area contributed by atoms with Gasteiger partial charge in [0.2, 0.25) is 0 Å². The molecule has 0 saturated carbocycles. The van der Waals surface area contributed by atoms with Gasteiger partial charge in [-0.2, -0.15) is 0 Å². The van der Waals surface area contributed by atoms with E-state index in [-0.39, 0.29) is 0 Å². The summed E-state index contributed by atoms with van der Waals surface area (Å²) in [4.78, 5) is 12.5. The van der Waals surface area contributed by atoms with Crippen molar-refractivity contribution in [2.24, 2.45) is 0 Å². The minimum atomic E-state index is -0.898. The van der Waals surface area contributed by atoms with Crippen LogP contribution in [0.1, 0.15) is 13.8 Å². The van der Waals surface area contributed by atoms with Gasteiger partial charge in [-0.3, -0.25) is 0 Å². The van der Waals surface area contributed by atoms with Gasteiger partial charge in [0.1, 0.15) is 0 Å². The Balaban J connectivity index is 3.02. The lowest BCUT2D eigenvalue weighted by molar-refractivity contribution is -0.132. The van der Waals surface area contributed by atoms with Crippen molar-refractivity contribution in [3.8, 4) is 0 Å². The van der Waals surface area contributed by atoms with Crippen LogP contribution in [0.4, 0.5) is 0 Å². The van der Waals surface area contributed by atoms with E-state index in [2.05, 4.69) is 6.58 Å². The number of carboxylic acids is 1. The highest BCUT2D eigenvalue weighted by Crippen LogP contribution is 2.21. The second-order valence-corrected chi connectivity index (χ2v) is 2.95. The summed E-state index contributed by atoms with van der Waals surface area (Å²) in [6, 6.07) is 0. The van der Waals surface area contributed by atoms with Crippen LogP contribution in [-0.2, 0) is 4.79 Å². The second kappa shape index (κ2) is 3.47. The first-order valence-electron chi connectivity index (χ1n) is 4.15. The molecule has 0 atom stereocenters. The van der Waals surface area contributed by atoms with Gasteiger partial charge in [-0.1, -0.05) is 6.58 Å². The molecule has 1 aliphatic rings. The number of likely N-dealkylation sites (N-methyl/N-ethyl adjacent to an activating group) is 1. The lowest BCUT2D eigenvalue weighted by Crippen LogP contribution is -2.21. The summed E-state index contributed by atoms with van der Waals surface area (Å²) in [6.07, 6.45) is 3.24. The fraction of sp³-hybridized carbons (Fsp3) is 0.300. The quantitative estimate of drug-likeness (QED) is 0.702. The van der Waals surface area contributed by atoms with Crippen molar-refractivity contribution in [1.82, 2.24) is 4.90 Å². The summed E-state index contributed by atoms with van der Waals surface area (Å²) >= 11 is 0. The number of allylic oxidation sites excluding steroid dienone is 1. The monoisotopic (exact) mass is 179 g/mol. The largest absolute Gasteiger partial charge is 0.478 e. The van der Waals surface area contributed by atoms with Crippen LogP contribution in [-0.4, -0.2) is 22.5 Å². The third-order valence-electron chi connectivity index (χ3n) is 2.06. The highest BCUT2D eigenvalue weighted by atomic mass is 16.4. The van der Waals surface area contributed by atoms with E-state index < -0.39 is 5.97 Å². The maximum Gasteiger partial charge on any atom is 0.337 e. The minimum absolute atomic E-state index is 0.312. The summed E-state index contributed by atoms with van der Waals surface area (Å²) in [5.74, 6) is -0.898. The molecule has 13 heavy (non-hydrogen) atoms. The van der Waals surface area contributed by atoms with Crippen molar-refractivity contribution in [3.63, 3.8) is 0 Å². The molecule has 0 aromatic carbocycles. The Bertz CT molecular complexity index is 313. The number of rotatable bonds is 2. The molecule has 0 aromatic rings. The molecule has 0 amide bonds. The van der Waals surface area contributed by atoms with E-state index in [1.807, 2.05) is 18.7 Å². The maximum atomic E-state index is 10.7. The lowest BCUT2D eigenvalue weighted by atomic mass is 10.1. The van der Waals surface area contributed by atoms with Crippen LogP contribution in [0.3, 0.4) is 0 Å². The minimum Gasteiger partial charge on any atom is -0.478 e. The predicted octanol–water partition coefficient (Wildman–Crippen LogP) is 1.75. The highest BCUT2D eigenvalue weighted by molar-refractivity contribution is 5.90. The molecule has 0 radical (unpaired) electrons. The van der Waals surface area contributed by atoms with Gasteiger partial charge < -0.3 is 10.0 Å². The first-order valence-corrected chi connectivity index (χ1v) is 4.15. The summed E-state index contributed by atoms with van der Waals surface area (Å²) in [5.41, 5.74) is 2.08. The van der Waals surface area contributed by atoms with Crippen molar-refractivity contribution < 1.29 is 9.90 Å². The van der Waals surface area contributed by atoms with Crippen LogP contribution in [0.5, 0.6) is 0 Å². The Kier molecular flexibility index (Phi) is 2.56. The van der Waals surface area contributed by atoms with E-state index in [1.54, 1.807) is 12.3 Å². The molecular formula is C10H13NO2. The van der Waals surface area contributed by atoms with Crippen LogP contribution < -0.4 is 0 Å². The van der Waals surface area contributed by atoms with Crippen molar-refractivity contribution in [1.29, 1.82) is 0 Å². The van der Waals surface area contributed by atoms with Crippen LogP contribution in [0, 0.1) is 0 Å². The van der Waals surface area contributed by atoms with E-state index >= 15 is 0 Å². The van der Waals surface area contributed by atoms with Crippen LogP contribution in [0.15, 0.2) is 35.7 Å². The topological polar surface area (TPSA) is 40.5 Å². The summed E-state index contributed by atoms with van der Waals surface area (Å²) in [5, 5.41) is 8.79. The molecule has 0 unspecified atom stereocenters. The van der Waals surface area contributed by atoms with Crippen LogP contribution in [0.2, 0.25) is 0 Å². The van der Waals surface area contributed by atoms with Gasteiger partial charge in [0, 0.05) is 18.4 Å². The molecule has 1 rings (SSSR count). The van der Waals surface area contributed by atoms with E-state index in [1.165, 1.54) is 0 Å². The van der Waals surface area contributed by atoms with E-state index in [0.717, 1.165) is 17.8 Å². The first kappa shape index (κ1) is 9.58. The number of hydrogen-bond donors (Lipinski definition) is 1. The number of aliphatic carboxylic acids is 1. The van der Waals surface area contributed by atoms with Gasteiger partial charge in [-0.25, -0.2) is 4.79 Å². The van der Waals surface area contributed by atoms with Gasteiger partial charge in [-0.15, -0.1) is 0 Å². The maximum absolute atomic E-state index is 10.7. The number of carbonyl (C=O) groups is 1. The normalized spacial score (nSPS) is 16.8. The molecule has 3 heteroatoms. The highest BCUT2D eigenvalue weighted by Gasteiger charge is 2.15. The molecule has 0 aromatic heterocycles. The van der Waals surface area contributed by atoms with Gasteiger partial charge in [0.15, 0.2) is 0 Å². The number of hydrogen-bond acceptors (Lipinski definition) is 2. The molecule has 0 saturated heterocycles. The molecule has 1 heterocycles. The summed E-state index contributed by atoms with van der Waals surface area (Å²) in [6.45, 7) is 8.42. The van der Waals surface area contributed by atoms with Crippen molar-refractivity contribution in [2.45, 2.75) is 13.8 Å². The fourth-order valence-electron chi connectivity index (χ4n) is 1.23. The van der Waals surface area contributed by atoms with Crippen LogP contribution in [0.25, 0.3) is 0 Å². The summed E-state index contributed by atoms with van der Waals surface area (Å²) in [7, 11) is 0. The zero-order valence-corrected chi connectivity index (χ0v) is 7.87. The molecule has 3 nitrogen and oxygen atoms in total. The van der Waals surface area contributed by atoms with E-state index in [4.69, 9.17) is 5.11 Å². The smallest absolute Gasteiger partial charge is 0.337 e. The fourth-order valence-corrected chi connectivity index (χ4v) is 1.23. The van der Waals surface area contributed by atoms with Gasteiger partial charge in [-0.05, 0) is 25.5 Å². The number of nitrogens with zero attached hydrogens (tertiary/aromatic N) is 1. The average molecular weight is 179 g/mol. The zero-order chi connectivity index (χ0) is 10.0. The van der Waals surface area contributed by atoms with Gasteiger partial charge >= 0.3 is 5.97 Å². The van der Waals surface area contributed by atoms with Gasteiger partial charge in [0.25, 0.3) is 0 Å². The second-order valence-electron chi connectivity index (χ2n) is 2.95. The molecule has 0 aliphatic carbocycles. The van der Waals surface area contributed by atoms with Crippen LogP contribution >= 0.6 is 0 Å². The molecule has 1 N–H and O–H groups in total. The Morgan fingerprint density at radius 3 is 2.77 bits per heavy atom. The zero-order valence-electron chi connectivity index (χ0n) is 7.87. The molecule has 0 fully saturated rings. The molecule has 0 spiro atoms. The Morgan fingerprint density at radius 2 is 2.31 bits per heavy atom. The SMILES string of the molecule is C=C1C(C)=CC(C(=O)O)=CN1CC. The Hall–Kier alpha value is -1.51. The molecule has 70 valence electrons. The summed E-state index contributed by atoms with van der Waals surface area (Å²) < 4.78 is 0. The third kappa shape index (κ3) is 1.80. The van der Waals surface area contributed by atoms with E-state index in [9.17, 15) is 4.79 Å². The molecule has 1 aliphatic heterocycles. The van der Waals surface area contributed by atoms with Crippen molar-refractivity contribution in [2.75, 3.05) is 6.54 Å². The molecular weight excluding hydrogens is 166 g/mol. The third-order valence-corrected chi connectivity index (χ3v) is 2.06. The molecule has 0 bridgehead atoms. The standard InChI is InChI=1S/C10H13NO2/c1-4-11-6-9(10(12)13)5-7(2)8(11)3/h5-6H,3-4H2,1-2H3,(H,12,13). The van der Waals surface area contributed by atoms with Crippen molar-refractivity contribution in [3.05, 3.63) is 35.7 Å². The first-order chi connectivity index (χ1) is 6.06. The van der Waals surface area contributed by atoms with Crippen molar-refractivity contribution >= 4 is 5.97 Å². The van der Waals surface area contributed by atoms with Gasteiger partial charge in [0.05, 0.1) is 5.57 Å². The average Bonchev–Trinajstić information content (AvgIpc) is 2.09. The predicted molar refractivity (Wildman–Crippen MR) is 51.0 cm³/mol. The number of carboxylic acid groups (broad SMARTS) is 1. The van der Waals surface area contributed by atoms with E-state index in [0.29, 0.717) is 5.57 Å². The lowest BCUT2D eigenvalue weighted by Gasteiger charge is -2.25.